The van der Waals surface area contributed by atoms with E-state index in [1.807, 2.05) is 19.9 Å². The van der Waals surface area contributed by atoms with Crippen molar-refractivity contribution in [1.29, 1.82) is 0 Å². The average molecular weight is 291 g/mol. The second kappa shape index (κ2) is 5.76. The van der Waals surface area contributed by atoms with Crippen LogP contribution >= 0.6 is 0 Å². The van der Waals surface area contributed by atoms with E-state index in [2.05, 4.69) is 0 Å². The lowest BCUT2D eigenvalue weighted by atomic mass is 9.99. The normalized spacial score (nSPS) is 14.8. The molecule has 1 aromatic carbocycles. The first-order valence-electron chi connectivity index (χ1n) is 7.01. The van der Waals surface area contributed by atoms with Gasteiger partial charge in [-0.2, -0.15) is 0 Å². The molecule has 0 saturated carbocycles. The number of carbonyl (C=O) groups is 2. The van der Waals surface area contributed by atoms with Crippen LogP contribution < -0.4 is 4.74 Å². The Balaban J connectivity index is 2.20. The fraction of sp³-hybridized carbons (Fsp3) is 0.500. The zero-order valence-corrected chi connectivity index (χ0v) is 12.9. The Hall–Kier alpha value is -2.04. The van der Waals surface area contributed by atoms with Crippen molar-refractivity contribution >= 4 is 11.9 Å². The molecule has 1 atom stereocenters. The van der Waals surface area contributed by atoms with E-state index < -0.39 is 11.9 Å². The van der Waals surface area contributed by atoms with Gasteiger partial charge in [-0.25, -0.2) is 0 Å². The van der Waals surface area contributed by atoms with Gasteiger partial charge in [0.05, 0.1) is 13.0 Å². The fourth-order valence-corrected chi connectivity index (χ4v) is 2.74. The Morgan fingerprint density at radius 3 is 2.52 bits per heavy atom. The number of fused-ring (bicyclic) bond motifs is 1. The van der Waals surface area contributed by atoms with Crippen LogP contribution in [0, 0.1) is 19.8 Å². The molecule has 1 heterocycles. The molecule has 1 aromatic rings. The largest absolute Gasteiger partial charge is 0.496 e. The van der Waals surface area contributed by atoms with Crippen LogP contribution in [0.25, 0.3) is 0 Å². The van der Waals surface area contributed by atoms with Gasteiger partial charge >= 0.3 is 5.97 Å². The van der Waals surface area contributed by atoms with Gasteiger partial charge in [-0.1, -0.05) is 6.92 Å². The number of rotatable bonds is 4. The lowest BCUT2D eigenvalue weighted by molar-refractivity contribution is -0.145. The predicted octanol–water partition coefficient (Wildman–Crippen LogP) is 2.27. The van der Waals surface area contributed by atoms with Crippen molar-refractivity contribution in [2.45, 2.75) is 40.3 Å². The molecule has 1 N–H and O–H groups in total. The molecule has 5 heteroatoms. The van der Waals surface area contributed by atoms with E-state index in [0.29, 0.717) is 13.1 Å². The molecule has 2 rings (SSSR count). The summed E-state index contributed by atoms with van der Waals surface area (Å²) in [6, 6.07) is 1.99. The first-order valence-corrected chi connectivity index (χ1v) is 7.01. The Morgan fingerprint density at radius 2 is 1.95 bits per heavy atom. The summed E-state index contributed by atoms with van der Waals surface area (Å²) in [5.41, 5.74) is 4.45. The van der Waals surface area contributed by atoms with Crippen molar-refractivity contribution < 1.29 is 19.4 Å². The van der Waals surface area contributed by atoms with Crippen LogP contribution in [0.5, 0.6) is 5.75 Å². The second-order valence-electron chi connectivity index (χ2n) is 5.67. The van der Waals surface area contributed by atoms with Crippen molar-refractivity contribution in [2.75, 3.05) is 7.11 Å². The van der Waals surface area contributed by atoms with E-state index in [9.17, 15) is 9.59 Å². The molecule has 0 fully saturated rings. The van der Waals surface area contributed by atoms with Gasteiger partial charge in [0.1, 0.15) is 5.75 Å². The van der Waals surface area contributed by atoms with E-state index in [4.69, 9.17) is 9.84 Å². The van der Waals surface area contributed by atoms with Gasteiger partial charge in [-0.15, -0.1) is 0 Å². The van der Waals surface area contributed by atoms with E-state index >= 15 is 0 Å². The molecule has 0 bridgehead atoms. The number of hydrogen-bond acceptors (Lipinski definition) is 3. The van der Waals surface area contributed by atoms with Crippen molar-refractivity contribution in [3.8, 4) is 5.75 Å². The van der Waals surface area contributed by atoms with Crippen molar-refractivity contribution in [1.82, 2.24) is 4.90 Å². The van der Waals surface area contributed by atoms with Gasteiger partial charge in [0.2, 0.25) is 5.91 Å². The van der Waals surface area contributed by atoms with Gasteiger partial charge < -0.3 is 14.7 Å². The number of carboxylic acid groups (broad SMARTS) is 1. The minimum atomic E-state index is -0.936. The SMILES string of the molecule is COc1cc(C)c2c(c1C)CN(C(=O)C[C@H](C)C(=O)O)C2. The molecule has 0 aromatic heterocycles. The molecule has 5 nitrogen and oxygen atoms in total. The van der Waals surface area contributed by atoms with Gasteiger partial charge in [0, 0.05) is 19.5 Å². The molecule has 0 radical (unpaired) electrons. The first-order chi connectivity index (χ1) is 9.85. The number of nitrogens with zero attached hydrogens (tertiary/aromatic N) is 1. The third kappa shape index (κ3) is 2.86. The topological polar surface area (TPSA) is 66.8 Å². The van der Waals surface area contributed by atoms with Crippen molar-refractivity contribution in [3.63, 3.8) is 0 Å². The molecule has 0 spiro atoms. The lowest BCUT2D eigenvalue weighted by Crippen LogP contribution is -2.28. The highest BCUT2D eigenvalue weighted by molar-refractivity contribution is 5.82. The second-order valence-corrected chi connectivity index (χ2v) is 5.67. The summed E-state index contributed by atoms with van der Waals surface area (Å²) in [7, 11) is 1.64. The summed E-state index contributed by atoms with van der Waals surface area (Å²) in [6.45, 7) is 6.64. The zero-order chi connectivity index (χ0) is 15.7. The maximum Gasteiger partial charge on any atom is 0.306 e. The van der Waals surface area contributed by atoms with E-state index in [0.717, 1.165) is 28.0 Å². The van der Waals surface area contributed by atoms with Crippen LogP contribution in [0.2, 0.25) is 0 Å². The molecule has 0 unspecified atom stereocenters. The smallest absolute Gasteiger partial charge is 0.306 e. The van der Waals surface area contributed by atoms with Crippen LogP contribution in [0.1, 0.15) is 35.6 Å². The van der Waals surface area contributed by atoms with Crippen molar-refractivity contribution in [3.05, 3.63) is 28.3 Å². The molecule has 1 amide bonds. The van der Waals surface area contributed by atoms with Gasteiger partial charge in [-0.3, -0.25) is 9.59 Å². The minimum absolute atomic E-state index is 0.0402. The first kappa shape index (κ1) is 15.4. The number of aliphatic carboxylic acids is 1. The number of carbonyl (C=O) groups excluding carboxylic acids is 1. The van der Waals surface area contributed by atoms with Gasteiger partial charge in [0.15, 0.2) is 0 Å². The molecule has 0 saturated heterocycles. The Bertz CT molecular complexity index is 594. The van der Waals surface area contributed by atoms with E-state index in [1.54, 1.807) is 18.9 Å². The van der Waals surface area contributed by atoms with Crippen LogP contribution in [0.4, 0.5) is 0 Å². The number of carboxylic acids is 1. The molecule has 114 valence electrons. The highest BCUT2D eigenvalue weighted by atomic mass is 16.5. The Morgan fingerprint density at radius 1 is 1.33 bits per heavy atom. The van der Waals surface area contributed by atoms with Crippen LogP contribution in [0.3, 0.4) is 0 Å². The standard InChI is InChI=1S/C16H21NO4/c1-9-5-14(21-4)11(3)13-8-17(7-12(9)13)15(18)6-10(2)16(19)20/h5,10H,6-8H2,1-4H3,(H,19,20)/t10-/m0/s1. The summed E-state index contributed by atoms with van der Waals surface area (Å²) >= 11 is 0. The van der Waals surface area contributed by atoms with Crippen molar-refractivity contribution in [2.24, 2.45) is 5.92 Å². The Kier molecular flexibility index (Phi) is 4.21. The Labute approximate surface area is 124 Å². The summed E-state index contributed by atoms with van der Waals surface area (Å²) in [5, 5.41) is 8.92. The predicted molar refractivity (Wildman–Crippen MR) is 78.1 cm³/mol. The maximum absolute atomic E-state index is 12.2. The highest BCUT2D eigenvalue weighted by Crippen LogP contribution is 2.34. The summed E-state index contributed by atoms with van der Waals surface area (Å²) in [5.74, 6) is -0.870. The monoisotopic (exact) mass is 291 g/mol. The van der Waals surface area contributed by atoms with E-state index in [-0.39, 0.29) is 12.3 Å². The molecule has 1 aliphatic heterocycles. The number of amides is 1. The zero-order valence-electron chi connectivity index (χ0n) is 12.9. The lowest BCUT2D eigenvalue weighted by Gasteiger charge is -2.17. The number of benzene rings is 1. The van der Waals surface area contributed by atoms with Crippen LogP contribution in [-0.4, -0.2) is 29.0 Å². The number of hydrogen-bond donors (Lipinski definition) is 1. The molecule has 21 heavy (non-hydrogen) atoms. The molecule has 1 aliphatic rings. The number of methoxy groups -OCH3 is 1. The number of ether oxygens (including phenoxy) is 1. The van der Waals surface area contributed by atoms with E-state index in [1.165, 1.54) is 0 Å². The third-order valence-corrected chi connectivity index (χ3v) is 4.18. The summed E-state index contributed by atoms with van der Waals surface area (Å²) < 4.78 is 5.36. The van der Waals surface area contributed by atoms with Crippen LogP contribution in [-0.2, 0) is 22.7 Å². The summed E-state index contributed by atoms with van der Waals surface area (Å²) in [4.78, 5) is 24.8. The van der Waals surface area contributed by atoms with Crippen LogP contribution in [0.15, 0.2) is 6.07 Å². The van der Waals surface area contributed by atoms with Gasteiger partial charge in [-0.05, 0) is 42.2 Å². The molecular formula is C16H21NO4. The number of aryl methyl sites for hydroxylation is 1. The minimum Gasteiger partial charge on any atom is -0.496 e. The molecule has 0 aliphatic carbocycles. The molecular weight excluding hydrogens is 270 g/mol. The quantitative estimate of drug-likeness (QED) is 0.924. The fourth-order valence-electron chi connectivity index (χ4n) is 2.74. The average Bonchev–Trinajstić information content (AvgIpc) is 2.88. The van der Waals surface area contributed by atoms with Gasteiger partial charge in [0.25, 0.3) is 0 Å². The summed E-state index contributed by atoms with van der Waals surface area (Å²) in [6.07, 6.45) is 0.0402. The maximum atomic E-state index is 12.2. The highest BCUT2D eigenvalue weighted by Gasteiger charge is 2.29. The third-order valence-electron chi connectivity index (χ3n) is 4.18.